The summed E-state index contributed by atoms with van der Waals surface area (Å²) in [5, 5.41) is 14.0. The summed E-state index contributed by atoms with van der Waals surface area (Å²) in [7, 11) is 0. The lowest BCUT2D eigenvalue weighted by atomic mass is 9.88. The topological polar surface area (TPSA) is 28.2 Å². The van der Waals surface area contributed by atoms with Crippen LogP contribution in [0, 0.1) is 0 Å². The predicted molar refractivity (Wildman–Crippen MR) is 232 cm³/mol. The van der Waals surface area contributed by atoms with E-state index in [-0.39, 0.29) is 6.17 Å². The van der Waals surface area contributed by atoms with Crippen molar-refractivity contribution in [1.82, 2.24) is 4.98 Å². The van der Waals surface area contributed by atoms with Gasteiger partial charge in [-0.2, -0.15) is 0 Å². The summed E-state index contributed by atoms with van der Waals surface area (Å²) in [5.74, 6) is 0.912. The van der Waals surface area contributed by atoms with Gasteiger partial charge in [0.2, 0.25) is 0 Å². The zero-order valence-electron chi connectivity index (χ0n) is 30.0. The third kappa shape index (κ3) is 5.24. The minimum absolute atomic E-state index is 0.215. The average Bonchev–Trinajstić information content (AvgIpc) is 3.65. The molecule has 1 N–H and O–H groups in total. The van der Waals surface area contributed by atoms with Crippen LogP contribution in [0.2, 0.25) is 0 Å². The molecule has 0 aliphatic carbocycles. The summed E-state index contributed by atoms with van der Waals surface area (Å²) < 4.78 is 0. The molecular formula is C52H35N3. The van der Waals surface area contributed by atoms with E-state index in [1.165, 1.54) is 65.3 Å². The molecule has 1 aliphatic rings. The first-order valence-corrected chi connectivity index (χ1v) is 18.9. The second-order valence-electron chi connectivity index (χ2n) is 14.4. The normalized spacial score (nSPS) is 13.7. The minimum atomic E-state index is -0.215. The van der Waals surface area contributed by atoms with Crippen LogP contribution < -0.4 is 10.2 Å². The Kier molecular flexibility index (Phi) is 7.24. The molecule has 9 aromatic carbocycles. The van der Waals surface area contributed by atoms with Crippen molar-refractivity contribution in [3.05, 3.63) is 206 Å². The summed E-state index contributed by atoms with van der Waals surface area (Å²) in [4.78, 5) is 7.50. The summed E-state index contributed by atoms with van der Waals surface area (Å²) >= 11 is 0. The molecule has 1 atom stereocenters. The van der Waals surface area contributed by atoms with Crippen molar-refractivity contribution in [2.24, 2.45) is 0 Å². The average molecular weight is 702 g/mol. The van der Waals surface area contributed by atoms with Gasteiger partial charge in [0.1, 0.15) is 6.17 Å². The Morgan fingerprint density at radius 1 is 0.400 bits per heavy atom. The highest BCUT2D eigenvalue weighted by Crippen LogP contribution is 2.48. The van der Waals surface area contributed by atoms with Crippen molar-refractivity contribution < 1.29 is 0 Å². The van der Waals surface area contributed by atoms with Gasteiger partial charge in [0, 0.05) is 17.4 Å². The molecule has 0 spiro atoms. The smallest absolute Gasteiger partial charge is 0.158 e. The van der Waals surface area contributed by atoms with E-state index < -0.39 is 0 Å². The molecule has 0 fully saturated rings. The Hall–Kier alpha value is -7.23. The number of aromatic nitrogens is 1. The lowest BCUT2D eigenvalue weighted by Gasteiger charge is -2.28. The number of benzene rings is 9. The van der Waals surface area contributed by atoms with Gasteiger partial charge < -0.3 is 5.32 Å². The number of nitrogens with one attached hydrogen (secondary N) is 1. The van der Waals surface area contributed by atoms with Crippen LogP contribution in [0.25, 0.3) is 76.5 Å². The monoisotopic (exact) mass is 701 g/mol. The predicted octanol–water partition coefficient (Wildman–Crippen LogP) is 14.0. The molecular weight excluding hydrogens is 667 g/mol. The van der Waals surface area contributed by atoms with Crippen LogP contribution in [0.15, 0.2) is 200 Å². The van der Waals surface area contributed by atoms with Gasteiger partial charge in [-0.25, -0.2) is 4.98 Å². The van der Waals surface area contributed by atoms with Gasteiger partial charge in [-0.15, -0.1) is 0 Å². The van der Waals surface area contributed by atoms with E-state index in [0.717, 1.165) is 33.9 Å². The molecule has 0 saturated carbocycles. The van der Waals surface area contributed by atoms with Gasteiger partial charge >= 0.3 is 0 Å². The number of fused-ring (bicyclic) bond motifs is 7. The molecule has 55 heavy (non-hydrogen) atoms. The molecule has 1 unspecified atom stereocenters. The van der Waals surface area contributed by atoms with E-state index in [1.807, 2.05) is 6.20 Å². The Balaban J connectivity index is 1.18. The lowest BCUT2D eigenvalue weighted by Crippen LogP contribution is -2.24. The zero-order chi connectivity index (χ0) is 36.3. The fraction of sp³-hybridized carbons (Fsp3) is 0.0192. The first-order valence-electron chi connectivity index (χ1n) is 18.9. The standard InChI is InChI=1S/C52H35N3/c1-3-15-34(16-4-1)40-32-50-52(53-33-40)55(41-19-5-2-6-20-41)51(54-50)39-28-37(48-30-35-17-7-9-21-42(35)44-23-11-13-25-46(44)48)27-38(29-39)49-31-36-18-8-10-22-43(36)45-24-12-14-26-47(45)49/h1-33,51,54H. The lowest BCUT2D eigenvalue weighted by molar-refractivity contribution is 0.821. The van der Waals surface area contributed by atoms with Crippen molar-refractivity contribution in [3.63, 3.8) is 0 Å². The molecule has 0 amide bonds. The fourth-order valence-corrected chi connectivity index (χ4v) is 8.68. The summed E-state index contributed by atoms with van der Waals surface area (Å²) in [5.41, 5.74) is 10.3. The van der Waals surface area contributed by atoms with Crippen LogP contribution in [-0.4, -0.2) is 4.98 Å². The molecule has 1 aromatic heterocycles. The Morgan fingerprint density at radius 3 is 1.47 bits per heavy atom. The Morgan fingerprint density at radius 2 is 0.891 bits per heavy atom. The van der Waals surface area contributed by atoms with Gasteiger partial charge in [0.25, 0.3) is 0 Å². The first-order chi connectivity index (χ1) is 27.3. The molecule has 1 aliphatic heterocycles. The minimum Gasteiger partial charge on any atom is -0.358 e. The van der Waals surface area contributed by atoms with Crippen LogP contribution in [0.5, 0.6) is 0 Å². The number of rotatable bonds is 5. The number of nitrogens with zero attached hydrogens (tertiary/aromatic N) is 2. The molecule has 2 heterocycles. The third-order valence-corrected chi connectivity index (χ3v) is 11.2. The second-order valence-corrected chi connectivity index (χ2v) is 14.4. The summed E-state index contributed by atoms with van der Waals surface area (Å²) in [6.07, 6.45) is 1.78. The molecule has 10 aromatic rings. The molecule has 3 heteroatoms. The Labute approximate surface area is 319 Å². The van der Waals surface area contributed by atoms with Crippen molar-refractivity contribution in [1.29, 1.82) is 0 Å². The number of pyridine rings is 1. The van der Waals surface area contributed by atoms with Gasteiger partial charge in [-0.1, -0.05) is 146 Å². The highest BCUT2D eigenvalue weighted by molar-refractivity contribution is 6.16. The fourth-order valence-electron chi connectivity index (χ4n) is 8.68. The summed E-state index contributed by atoms with van der Waals surface area (Å²) in [6.45, 7) is 0. The van der Waals surface area contributed by atoms with Crippen molar-refractivity contribution in [2.75, 3.05) is 10.2 Å². The maximum Gasteiger partial charge on any atom is 0.158 e. The maximum absolute atomic E-state index is 5.14. The largest absolute Gasteiger partial charge is 0.358 e. The molecule has 0 bridgehead atoms. The van der Waals surface area contributed by atoms with E-state index in [0.29, 0.717) is 0 Å². The molecule has 3 nitrogen and oxygen atoms in total. The van der Waals surface area contributed by atoms with Crippen LogP contribution in [0.3, 0.4) is 0 Å². The van der Waals surface area contributed by atoms with Crippen molar-refractivity contribution >= 4 is 60.3 Å². The van der Waals surface area contributed by atoms with Gasteiger partial charge in [0.15, 0.2) is 5.82 Å². The number of para-hydroxylation sites is 1. The number of hydrogen-bond donors (Lipinski definition) is 1. The first kappa shape index (κ1) is 31.3. The third-order valence-electron chi connectivity index (χ3n) is 11.2. The van der Waals surface area contributed by atoms with Gasteiger partial charge in [0.05, 0.1) is 5.69 Å². The van der Waals surface area contributed by atoms with Crippen LogP contribution >= 0.6 is 0 Å². The maximum atomic E-state index is 5.14. The van der Waals surface area contributed by atoms with E-state index in [2.05, 4.69) is 204 Å². The number of hydrogen-bond acceptors (Lipinski definition) is 3. The van der Waals surface area contributed by atoms with Gasteiger partial charge in [-0.3, -0.25) is 4.90 Å². The quantitative estimate of drug-likeness (QED) is 0.181. The van der Waals surface area contributed by atoms with Crippen LogP contribution in [0.1, 0.15) is 11.7 Å². The Bertz CT molecular complexity index is 2940. The SMILES string of the molecule is c1ccc(-c2cnc3c(c2)NC(c2cc(-c4cc5ccccc5c5ccccc45)cc(-c4cc5ccccc5c5ccccc45)c2)N3c2ccccc2)cc1. The van der Waals surface area contributed by atoms with Crippen LogP contribution in [-0.2, 0) is 0 Å². The van der Waals surface area contributed by atoms with E-state index in [9.17, 15) is 0 Å². The van der Waals surface area contributed by atoms with Gasteiger partial charge in [-0.05, 0) is 125 Å². The van der Waals surface area contributed by atoms with Crippen molar-refractivity contribution in [2.45, 2.75) is 6.17 Å². The van der Waals surface area contributed by atoms with Crippen LogP contribution in [0.4, 0.5) is 17.2 Å². The molecule has 258 valence electrons. The highest BCUT2D eigenvalue weighted by atomic mass is 15.4. The van der Waals surface area contributed by atoms with E-state index >= 15 is 0 Å². The zero-order valence-corrected chi connectivity index (χ0v) is 30.0. The summed E-state index contributed by atoms with van der Waals surface area (Å²) in [6, 6.07) is 70.4. The second kappa shape index (κ2) is 12.7. The van der Waals surface area contributed by atoms with Crippen molar-refractivity contribution in [3.8, 4) is 33.4 Å². The number of anilines is 3. The van der Waals surface area contributed by atoms with E-state index in [1.54, 1.807) is 0 Å². The molecule has 0 saturated heterocycles. The highest BCUT2D eigenvalue weighted by Gasteiger charge is 2.33. The molecule has 0 radical (unpaired) electrons. The van der Waals surface area contributed by atoms with E-state index in [4.69, 9.17) is 4.98 Å². The molecule has 11 rings (SSSR count).